The van der Waals surface area contributed by atoms with Gasteiger partial charge in [-0.05, 0) is 38.6 Å². The smallest absolute Gasteiger partial charge is 0.213 e. The van der Waals surface area contributed by atoms with Crippen molar-refractivity contribution in [2.45, 2.75) is 31.9 Å². The molecule has 0 aliphatic heterocycles. The highest BCUT2D eigenvalue weighted by Crippen LogP contribution is 2.43. The van der Waals surface area contributed by atoms with Crippen LogP contribution in [0.2, 0.25) is 0 Å². The molecule has 0 amide bonds. The average Bonchev–Trinajstić information content (AvgIpc) is 2.81. The van der Waals surface area contributed by atoms with E-state index in [0.717, 1.165) is 12.8 Å². The molecule has 1 aliphatic rings. The number of sulfonamides is 1. The zero-order chi connectivity index (χ0) is 10.1. The monoisotopic (exact) mass is 206 g/mol. The topological polar surface area (TPSA) is 72.2 Å². The number of hydrogen-bond donors (Lipinski definition) is 2. The molecule has 0 radical (unpaired) electrons. The summed E-state index contributed by atoms with van der Waals surface area (Å²) >= 11 is 0. The van der Waals surface area contributed by atoms with E-state index in [4.69, 9.17) is 5.73 Å². The highest BCUT2D eigenvalue weighted by molar-refractivity contribution is 7.90. The van der Waals surface area contributed by atoms with E-state index in [-0.39, 0.29) is 10.7 Å². The fourth-order valence-corrected chi connectivity index (χ4v) is 1.89. The van der Waals surface area contributed by atoms with Gasteiger partial charge in [0, 0.05) is 6.54 Å². The molecular formula is C8H18N2O2S. The summed E-state index contributed by atoms with van der Waals surface area (Å²) in [4.78, 5) is 0. The van der Waals surface area contributed by atoms with Crippen molar-refractivity contribution in [3.63, 3.8) is 0 Å². The third-order valence-corrected chi connectivity index (χ3v) is 4.45. The van der Waals surface area contributed by atoms with E-state index in [1.165, 1.54) is 0 Å². The van der Waals surface area contributed by atoms with Crippen LogP contribution in [-0.4, -0.2) is 26.8 Å². The highest BCUT2D eigenvalue weighted by atomic mass is 32.2. The molecule has 1 rings (SSSR count). The molecule has 3 N–H and O–H groups in total. The second-order valence-electron chi connectivity index (χ2n) is 4.12. The number of rotatable bonds is 5. The van der Waals surface area contributed by atoms with E-state index in [0.29, 0.717) is 13.1 Å². The Bertz CT molecular complexity index is 268. The maximum Gasteiger partial charge on any atom is 0.213 e. The van der Waals surface area contributed by atoms with Crippen molar-refractivity contribution in [2.24, 2.45) is 11.1 Å². The van der Waals surface area contributed by atoms with Crippen LogP contribution in [-0.2, 0) is 10.0 Å². The predicted molar refractivity (Wildman–Crippen MR) is 52.8 cm³/mol. The molecule has 0 unspecified atom stereocenters. The Morgan fingerprint density at radius 2 is 2.00 bits per heavy atom. The van der Waals surface area contributed by atoms with Gasteiger partial charge in [-0.25, -0.2) is 13.1 Å². The van der Waals surface area contributed by atoms with E-state index in [1.807, 2.05) is 0 Å². The molecule has 0 saturated heterocycles. The first kappa shape index (κ1) is 10.9. The molecule has 78 valence electrons. The van der Waals surface area contributed by atoms with Gasteiger partial charge >= 0.3 is 0 Å². The third kappa shape index (κ3) is 2.65. The van der Waals surface area contributed by atoms with Gasteiger partial charge < -0.3 is 5.73 Å². The lowest BCUT2D eigenvalue weighted by molar-refractivity contribution is 0.498. The van der Waals surface area contributed by atoms with Gasteiger partial charge in [-0.2, -0.15) is 0 Å². The van der Waals surface area contributed by atoms with Crippen molar-refractivity contribution in [1.29, 1.82) is 0 Å². The minimum atomic E-state index is -3.11. The summed E-state index contributed by atoms with van der Waals surface area (Å²) in [7, 11) is -3.11. The Labute approximate surface area is 79.9 Å². The standard InChI is InChI=1S/C8H18N2O2S/c1-7(2)13(11,12)10-6-8(5-9)3-4-8/h7,10H,3-6,9H2,1-2H3. The zero-order valence-corrected chi connectivity index (χ0v) is 9.02. The molecule has 0 bridgehead atoms. The van der Waals surface area contributed by atoms with E-state index < -0.39 is 10.0 Å². The van der Waals surface area contributed by atoms with Crippen LogP contribution < -0.4 is 10.5 Å². The van der Waals surface area contributed by atoms with Crippen LogP contribution in [0.15, 0.2) is 0 Å². The van der Waals surface area contributed by atoms with Crippen LogP contribution in [0, 0.1) is 5.41 Å². The van der Waals surface area contributed by atoms with Gasteiger partial charge in [0.25, 0.3) is 0 Å². The van der Waals surface area contributed by atoms with Gasteiger partial charge in [0.1, 0.15) is 0 Å². The van der Waals surface area contributed by atoms with Gasteiger partial charge in [-0.15, -0.1) is 0 Å². The second-order valence-corrected chi connectivity index (χ2v) is 6.44. The molecule has 0 spiro atoms. The Morgan fingerprint density at radius 3 is 2.31 bits per heavy atom. The lowest BCUT2D eigenvalue weighted by Crippen LogP contribution is -2.37. The van der Waals surface area contributed by atoms with E-state index >= 15 is 0 Å². The SMILES string of the molecule is CC(C)S(=O)(=O)NCC1(CN)CC1. The zero-order valence-electron chi connectivity index (χ0n) is 8.21. The van der Waals surface area contributed by atoms with Crippen LogP contribution in [0.3, 0.4) is 0 Å². The van der Waals surface area contributed by atoms with Crippen LogP contribution in [0.5, 0.6) is 0 Å². The highest BCUT2D eigenvalue weighted by Gasteiger charge is 2.41. The molecule has 0 aromatic rings. The summed E-state index contributed by atoms with van der Waals surface area (Å²) in [6, 6.07) is 0. The lowest BCUT2D eigenvalue weighted by Gasteiger charge is -2.15. The summed E-state index contributed by atoms with van der Waals surface area (Å²) in [5.74, 6) is 0. The lowest BCUT2D eigenvalue weighted by atomic mass is 10.1. The van der Waals surface area contributed by atoms with Gasteiger partial charge in [0.05, 0.1) is 5.25 Å². The molecule has 4 nitrogen and oxygen atoms in total. The summed E-state index contributed by atoms with van der Waals surface area (Å²) in [5, 5.41) is -0.360. The third-order valence-electron chi connectivity index (χ3n) is 2.66. The van der Waals surface area contributed by atoms with Crippen LogP contribution in [0.1, 0.15) is 26.7 Å². The first-order chi connectivity index (χ1) is 5.92. The maximum absolute atomic E-state index is 11.4. The number of nitrogens with one attached hydrogen (secondary N) is 1. The Morgan fingerprint density at radius 1 is 1.46 bits per heavy atom. The molecule has 1 aliphatic carbocycles. The molecule has 0 aromatic carbocycles. The van der Waals surface area contributed by atoms with Crippen LogP contribution in [0.25, 0.3) is 0 Å². The Hall–Kier alpha value is -0.130. The molecule has 5 heteroatoms. The molecule has 0 aromatic heterocycles. The Kier molecular flexibility index (Phi) is 2.99. The summed E-state index contributed by atoms with van der Waals surface area (Å²) in [5.41, 5.74) is 5.61. The van der Waals surface area contributed by atoms with Crippen molar-refractivity contribution in [2.75, 3.05) is 13.1 Å². The van der Waals surface area contributed by atoms with Gasteiger partial charge in [-0.3, -0.25) is 0 Å². The minimum absolute atomic E-state index is 0.0714. The van der Waals surface area contributed by atoms with Crippen molar-refractivity contribution in [3.05, 3.63) is 0 Å². The summed E-state index contributed by atoms with van der Waals surface area (Å²) < 4.78 is 25.3. The number of nitrogens with two attached hydrogens (primary N) is 1. The van der Waals surface area contributed by atoms with Gasteiger partial charge in [0.2, 0.25) is 10.0 Å². The van der Waals surface area contributed by atoms with Crippen molar-refractivity contribution in [1.82, 2.24) is 4.72 Å². The van der Waals surface area contributed by atoms with Crippen molar-refractivity contribution in [3.8, 4) is 0 Å². The first-order valence-corrected chi connectivity index (χ1v) is 6.15. The van der Waals surface area contributed by atoms with Crippen molar-refractivity contribution < 1.29 is 8.42 Å². The Balaban J connectivity index is 2.43. The summed E-state index contributed by atoms with van der Waals surface area (Å²) in [6.07, 6.45) is 2.09. The van der Waals surface area contributed by atoms with Gasteiger partial charge in [0.15, 0.2) is 0 Å². The fraction of sp³-hybridized carbons (Fsp3) is 1.00. The van der Waals surface area contributed by atoms with E-state index in [9.17, 15) is 8.42 Å². The van der Waals surface area contributed by atoms with Gasteiger partial charge in [-0.1, -0.05) is 0 Å². The van der Waals surface area contributed by atoms with Crippen LogP contribution >= 0.6 is 0 Å². The predicted octanol–water partition coefficient (Wildman–Crippen LogP) is 0.0531. The largest absolute Gasteiger partial charge is 0.330 e. The first-order valence-electron chi connectivity index (χ1n) is 4.60. The molecule has 1 saturated carbocycles. The second kappa shape index (κ2) is 3.55. The molecule has 1 fully saturated rings. The maximum atomic E-state index is 11.4. The average molecular weight is 206 g/mol. The van der Waals surface area contributed by atoms with Crippen LogP contribution in [0.4, 0.5) is 0 Å². The normalized spacial score (nSPS) is 20.6. The summed E-state index contributed by atoms with van der Waals surface area (Å²) in [6.45, 7) is 4.42. The quantitative estimate of drug-likeness (QED) is 0.668. The molecular weight excluding hydrogens is 188 g/mol. The molecule has 13 heavy (non-hydrogen) atoms. The fourth-order valence-electron chi connectivity index (χ4n) is 1.05. The van der Waals surface area contributed by atoms with Crippen molar-refractivity contribution >= 4 is 10.0 Å². The number of hydrogen-bond acceptors (Lipinski definition) is 3. The minimum Gasteiger partial charge on any atom is -0.330 e. The molecule has 0 heterocycles. The van der Waals surface area contributed by atoms with E-state index in [1.54, 1.807) is 13.8 Å². The molecule has 0 atom stereocenters. The van der Waals surface area contributed by atoms with E-state index in [2.05, 4.69) is 4.72 Å².